The van der Waals surface area contributed by atoms with Crippen molar-refractivity contribution in [1.29, 1.82) is 0 Å². The van der Waals surface area contributed by atoms with Crippen LogP contribution in [-0.4, -0.2) is 58.8 Å². The Balaban J connectivity index is 1.73. The maximum atomic E-state index is 9.21. The van der Waals surface area contributed by atoms with Gasteiger partial charge in [0.15, 0.2) is 0 Å². The van der Waals surface area contributed by atoms with Crippen LogP contribution in [0.5, 0.6) is 0 Å². The van der Waals surface area contributed by atoms with Crippen molar-refractivity contribution in [3.63, 3.8) is 0 Å². The van der Waals surface area contributed by atoms with Gasteiger partial charge < -0.3 is 10.0 Å². The highest BCUT2D eigenvalue weighted by Gasteiger charge is 2.21. The number of rotatable bonds is 3. The fraction of sp³-hybridized carbons (Fsp3) is 0.467. The van der Waals surface area contributed by atoms with Crippen LogP contribution in [0.25, 0.3) is 11.0 Å². The summed E-state index contributed by atoms with van der Waals surface area (Å²) in [6, 6.07) is 8.18. The second-order valence-electron chi connectivity index (χ2n) is 5.27. The number of piperazine rings is 1. The third-order valence-electron chi connectivity index (χ3n) is 3.96. The zero-order valence-corrected chi connectivity index (χ0v) is 11.7. The molecule has 0 aliphatic carbocycles. The average Bonchev–Trinajstić information content (AvgIpc) is 2.54. The van der Waals surface area contributed by atoms with Crippen molar-refractivity contribution in [3.8, 4) is 0 Å². The van der Waals surface area contributed by atoms with Crippen LogP contribution in [0.15, 0.2) is 30.5 Å². The third-order valence-corrected chi connectivity index (χ3v) is 3.96. The van der Waals surface area contributed by atoms with Gasteiger partial charge in [0.2, 0.25) is 0 Å². The fourth-order valence-electron chi connectivity index (χ4n) is 2.61. The molecule has 5 nitrogen and oxygen atoms in total. The first-order chi connectivity index (χ1) is 9.78. The van der Waals surface area contributed by atoms with E-state index in [0.29, 0.717) is 0 Å². The molecule has 0 spiro atoms. The van der Waals surface area contributed by atoms with E-state index in [1.165, 1.54) is 0 Å². The van der Waals surface area contributed by atoms with Gasteiger partial charge in [0.25, 0.3) is 0 Å². The van der Waals surface area contributed by atoms with Crippen LogP contribution in [0, 0.1) is 0 Å². The van der Waals surface area contributed by atoms with Gasteiger partial charge in [-0.05, 0) is 19.1 Å². The minimum atomic E-state index is 0.218. The molecule has 106 valence electrons. The molecule has 20 heavy (non-hydrogen) atoms. The minimum absolute atomic E-state index is 0.218. The molecule has 0 unspecified atom stereocenters. The van der Waals surface area contributed by atoms with Crippen molar-refractivity contribution in [2.24, 2.45) is 0 Å². The normalized spacial score (nSPS) is 18.4. The van der Waals surface area contributed by atoms with Gasteiger partial charge in [0.05, 0.1) is 23.8 Å². The Labute approximate surface area is 118 Å². The van der Waals surface area contributed by atoms with E-state index >= 15 is 0 Å². The molecule has 0 saturated carbocycles. The highest BCUT2D eigenvalue weighted by atomic mass is 16.3. The maximum absolute atomic E-state index is 9.21. The van der Waals surface area contributed by atoms with Gasteiger partial charge in [-0.1, -0.05) is 12.1 Å². The lowest BCUT2D eigenvalue weighted by molar-refractivity contribution is 0.128. The van der Waals surface area contributed by atoms with E-state index in [4.69, 9.17) is 0 Å². The van der Waals surface area contributed by atoms with Crippen molar-refractivity contribution in [3.05, 3.63) is 30.5 Å². The summed E-state index contributed by atoms with van der Waals surface area (Å²) < 4.78 is 0. The molecule has 1 N–H and O–H groups in total. The monoisotopic (exact) mass is 272 g/mol. The number of fused-ring (bicyclic) bond motifs is 1. The van der Waals surface area contributed by atoms with Crippen LogP contribution in [0.2, 0.25) is 0 Å². The van der Waals surface area contributed by atoms with Crippen molar-refractivity contribution >= 4 is 16.9 Å². The van der Waals surface area contributed by atoms with Crippen LogP contribution in [0.3, 0.4) is 0 Å². The van der Waals surface area contributed by atoms with E-state index in [1.807, 2.05) is 30.5 Å². The lowest BCUT2D eigenvalue weighted by Gasteiger charge is -2.37. The second-order valence-corrected chi connectivity index (χ2v) is 5.27. The Morgan fingerprint density at radius 2 is 1.85 bits per heavy atom. The van der Waals surface area contributed by atoms with E-state index in [-0.39, 0.29) is 12.6 Å². The highest BCUT2D eigenvalue weighted by Crippen LogP contribution is 2.17. The second kappa shape index (κ2) is 5.73. The van der Waals surface area contributed by atoms with Crippen molar-refractivity contribution in [2.45, 2.75) is 13.0 Å². The van der Waals surface area contributed by atoms with E-state index in [0.717, 1.165) is 43.0 Å². The quantitative estimate of drug-likeness (QED) is 0.908. The number of hydrogen-bond donors (Lipinski definition) is 1. The third kappa shape index (κ3) is 2.59. The summed E-state index contributed by atoms with van der Waals surface area (Å²) in [4.78, 5) is 13.7. The summed E-state index contributed by atoms with van der Waals surface area (Å²) in [6.07, 6.45) is 1.85. The SMILES string of the molecule is C[C@@H](CO)N1CCN(c2cnc3ccccc3n2)CC1. The van der Waals surface area contributed by atoms with E-state index in [2.05, 4.69) is 26.7 Å². The highest BCUT2D eigenvalue weighted by molar-refractivity contribution is 5.75. The molecule has 1 aromatic heterocycles. The summed E-state index contributed by atoms with van der Waals surface area (Å²) in [6.45, 7) is 6.04. The number of nitrogens with zero attached hydrogens (tertiary/aromatic N) is 4. The van der Waals surface area contributed by atoms with Gasteiger partial charge >= 0.3 is 0 Å². The maximum Gasteiger partial charge on any atom is 0.147 e. The van der Waals surface area contributed by atoms with Gasteiger partial charge in [-0.3, -0.25) is 9.88 Å². The Kier molecular flexibility index (Phi) is 3.80. The molecule has 0 amide bonds. The zero-order chi connectivity index (χ0) is 13.9. The van der Waals surface area contributed by atoms with Crippen LogP contribution in [0.4, 0.5) is 5.82 Å². The zero-order valence-electron chi connectivity index (χ0n) is 11.7. The molecule has 5 heteroatoms. The molecule has 0 bridgehead atoms. The smallest absolute Gasteiger partial charge is 0.147 e. The number of hydrogen-bond acceptors (Lipinski definition) is 5. The Bertz CT molecular complexity index is 581. The summed E-state index contributed by atoms with van der Waals surface area (Å²) in [5, 5.41) is 9.21. The fourth-order valence-corrected chi connectivity index (χ4v) is 2.61. The molecule has 1 aromatic carbocycles. The van der Waals surface area contributed by atoms with Gasteiger partial charge in [-0.25, -0.2) is 4.98 Å². The summed E-state index contributed by atoms with van der Waals surface area (Å²) >= 11 is 0. The predicted octanol–water partition coefficient (Wildman–Crippen LogP) is 1.13. The summed E-state index contributed by atoms with van der Waals surface area (Å²) in [5.41, 5.74) is 1.87. The molecule has 0 radical (unpaired) electrons. The van der Waals surface area contributed by atoms with E-state index in [9.17, 15) is 5.11 Å². The van der Waals surface area contributed by atoms with Crippen molar-refractivity contribution in [2.75, 3.05) is 37.7 Å². The number of anilines is 1. The first-order valence-corrected chi connectivity index (χ1v) is 7.09. The van der Waals surface area contributed by atoms with Gasteiger partial charge in [0, 0.05) is 32.2 Å². The van der Waals surface area contributed by atoms with Crippen LogP contribution in [0.1, 0.15) is 6.92 Å². The largest absolute Gasteiger partial charge is 0.395 e. The van der Waals surface area contributed by atoms with Crippen LogP contribution < -0.4 is 4.90 Å². The number of aromatic nitrogens is 2. The molecule has 1 aliphatic heterocycles. The van der Waals surface area contributed by atoms with E-state index < -0.39 is 0 Å². The predicted molar refractivity (Wildman–Crippen MR) is 79.9 cm³/mol. The molecule has 3 rings (SSSR count). The van der Waals surface area contributed by atoms with Crippen LogP contribution in [-0.2, 0) is 0 Å². The molecule has 1 aliphatic rings. The summed E-state index contributed by atoms with van der Waals surface area (Å²) in [5.74, 6) is 0.944. The summed E-state index contributed by atoms with van der Waals surface area (Å²) in [7, 11) is 0. The number of benzene rings is 1. The molecule has 2 aromatic rings. The first-order valence-electron chi connectivity index (χ1n) is 7.09. The first kappa shape index (κ1) is 13.3. The Hall–Kier alpha value is -1.72. The molecular weight excluding hydrogens is 252 g/mol. The number of para-hydroxylation sites is 2. The average molecular weight is 272 g/mol. The minimum Gasteiger partial charge on any atom is -0.395 e. The molecular formula is C15H20N4O. The molecule has 1 atom stereocenters. The molecule has 1 saturated heterocycles. The van der Waals surface area contributed by atoms with Gasteiger partial charge in [0.1, 0.15) is 5.82 Å². The number of aliphatic hydroxyl groups is 1. The standard InChI is InChI=1S/C15H20N4O/c1-12(11-20)18-6-8-19(9-7-18)15-10-16-13-4-2-3-5-14(13)17-15/h2-5,10,12,20H,6-9,11H2,1H3/t12-/m0/s1. The number of aliphatic hydroxyl groups excluding tert-OH is 1. The van der Waals surface area contributed by atoms with Gasteiger partial charge in [-0.2, -0.15) is 0 Å². The lowest BCUT2D eigenvalue weighted by Crippen LogP contribution is -2.50. The Morgan fingerprint density at radius 3 is 2.55 bits per heavy atom. The van der Waals surface area contributed by atoms with E-state index in [1.54, 1.807) is 0 Å². The van der Waals surface area contributed by atoms with Crippen molar-refractivity contribution < 1.29 is 5.11 Å². The molecule has 1 fully saturated rings. The lowest BCUT2D eigenvalue weighted by atomic mass is 10.2. The molecule has 2 heterocycles. The Morgan fingerprint density at radius 1 is 1.15 bits per heavy atom. The topological polar surface area (TPSA) is 52.5 Å². The van der Waals surface area contributed by atoms with Crippen molar-refractivity contribution in [1.82, 2.24) is 14.9 Å². The van der Waals surface area contributed by atoms with Gasteiger partial charge in [-0.15, -0.1) is 0 Å². The van der Waals surface area contributed by atoms with Crippen LogP contribution >= 0.6 is 0 Å².